The molecule has 0 bridgehead atoms. The number of anilines is 1. The Labute approximate surface area is 100 Å². The summed E-state index contributed by atoms with van der Waals surface area (Å²) in [5.74, 6) is 0.138. The summed E-state index contributed by atoms with van der Waals surface area (Å²) >= 11 is 1.41. The number of hydrogen-bond acceptors (Lipinski definition) is 4. The van der Waals surface area contributed by atoms with Gasteiger partial charge in [-0.2, -0.15) is 0 Å². The molecule has 0 atom stereocenters. The predicted molar refractivity (Wildman–Crippen MR) is 67.4 cm³/mol. The van der Waals surface area contributed by atoms with Gasteiger partial charge in [-0.1, -0.05) is 25.5 Å². The third-order valence-electron chi connectivity index (χ3n) is 2.03. The number of rotatable bonds is 6. The first-order valence-electron chi connectivity index (χ1n) is 5.37. The number of benzene rings is 1. The van der Waals surface area contributed by atoms with Crippen LogP contribution in [0.2, 0.25) is 0 Å². The molecule has 1 rings (SSSR count). The minimum atomic E-state index is -0.179. The van der Waals surface area contributed by atoms with Gasteiger partial charge in [0.05, 0.1) is 12.4 Å². The van der Waals surface area contributed by atoms with E-state index in [1.165, 1.54) is 11.8 Å². The summed E-state index contributed by atoms with van der Waals surface area (Å²) in [4.78, 5) is 12.2. The second-order valence-electron chi connectivity index (χ2n) is 3.40. The molecule has 88 valence electrons. The molecule has 3 nitrogen and oxygen atoms in total. The number of ether oxygens (including phenoxy) is 1. The Balaban J connectivity index is 2.29. The molecule has 0 aliphatic heterocycles. The highest BCUT2D eigenvalue weighted by molar-refractivity contribution is 8.00. The first-order valence-corrected chi connectivity index (χ1v) is 6.35. The normalized spacial score (nSPS) is 10.1. The fraction of sp³-hybridized carbons (Fsp3) is 0.417. The number of nitrogen functional groups attached to an aromatic ring is 1. The lowest BCUT2D eigenvalue weighted by molar-refractivity contribution is -0.140. The standard InChI is InChI=1S/C12H17NO2S/c1-2-3-8-15-12(14)9-16-11-7-5-4-6-10(11)13/h4-7H,2-3,8-9,13H2,1H3. The maximum atomic E-state index is 11.3. The van der Waals surface area contributed by atoms with Crippen molar-refractivity contribution in [3.63, 3.8) is 0 Å². The highest BCUT2D eigenvalue weighted by Gasteiger charge is 2.05. The van der Waals surface area contributed by atoms with Crippen molar-refractivity contribution in [1.82, 2.24) is 0 Å². The molecule has 0 amide bonds. The van der Waals surface area contributed by atoms with E-state index in [4.69, 9.17) is 10.5 Å². The summed E-state index contributed by atoms with van der Waals surface area (Å²) in [7, 11) is 0. The molecule has 0 radical (unpaired) electrons. The smallest absolute Gasteiger partial charge is 0.316 e. The number of hydrogen-bond donors (Lipinski definition) is 1. The second-order valence-corrected chi connectivity index (χ2v) is 4.42. The quantitative estimate of drug-likeness (QED) is 0.359. The van der Waals surface area contributed by atoms with Gasteiger partial charge in [-0.25, -0.2) is 0 Å². The number of thioether (sulfide) groups is 1. The van der Waals surface area contributed by atoms with Gasteiger partial charge < -0.3 is 10.5 Å². The van der Waals surface area contributed by atoms with Crippen LogP contribution < -0.4 is 5.73 Å². The van der Waals surface area contributed by atoms with Gasteiger partial charge in [-0.3, -0.25) is 4.79 Å². The number of esters is 1. The van der Waals surface area contributed by atoms with Gasteiger partial charge in [0.25, 0.3) is 0 Å². The monoisotopic (exact) mass is 239 g/mol. The van der Waals surface area contributed by atoms with Gasteiger partial charge in [0.2, 0.25) is 0 Å². The Kier molecular flexibility index (Phi) is 5.78. The maximum absolute atomic E-state index is 11.3. The van der Waals surface area contributed by atoms with Crippen molar-refractivity contribution in [2.75, 3.05) is 18.1 Å². The Bertz CT molecular complexity index is 342. The van der Waals surface area contributed by atoms with E-state index in [1.807, 2.05) is 24.3 Å². The zero-order valence-corrected chi connectivity index (χ0v) is 10.3. The summed E-state index contributed by atoms with van der Waals surface area (Å²) in [5.41, 5.74) is 6.46. The first kappa shape index (κ1) is 12.9. The van der Waals surface area contributed by atoms with Crippen molar-refractivity contribution in [3.05, 3.63) is 24.3 Å². The van der Waals surface area contributed by atoms with Crippen LogP contribution in [0.15, 0.2) is 29.2 Å². The lowest BCUT2D eigenvalue weighted by Crippen LogP contribution is -2.08. The molecule has 2 N–H and O–H groups in total. The van der Waals surface area contributed by atoms with Gasteiger partial charge in [0.15, 0.2) is 0 Å². The average Bonchev–Trinajstić information content (AvgIpc) is 2.28. The molecule has 1 aromatic carbocycles. The largest absolute Gasteiger partial charge is 0.465 e. The third-order valence-corrected chi connectivity index (χ3v) is 3.09. The molecular formula is C12H17NO2S. The number of unbranched alkanes of at least 4 members (excludes halogenated alkanes) is 1. The van der Waals surface area contributed by atoms with Crippen molar-refractivity contribution >= 4 is 23.4 Å². The van der Waals surface area contributed by atoms with Gasteiger partial charge in [-0.05, 0) is 18.6 Å². The first-order chi connectivity index (χ1) is 7.74. The molecule has 0 aromatic heterocycles. The predicted octanol–water partition coefficient (Wildman–Crippen LogP) is 2.70. The van der Waals surface area contributed by atoms with Crippen LogP contribution in [0.3, 0.4) is 0 Å². The lowest BCUT2D eigenvalue weighted by Gasteiger charge is -2.05. The number of nitrogens with two attached hydrogens (primary N) is 1. The van der Waals surface area contributed by atoms with Crippen molar-refractivity contribution in [3.8, 4) is 0 Å². The minimum Gasteiger partial charge on any atom is -0.465 e. The summed E-state index contributed by atoms with van der Waals surface area (Å²) in [5, 5.41) is 0. The zero-order chi connectivity index (χ0) is 11.8. The molecule has 0 aliphatic rings. The highest BCUT2D eigenvalue weighted by Crippen LogP contribution is 2.24. The van der Waals surface area contributed by atoms with E-state index in [2.05, 4.69) is 6.92 Å². The van der Waals surface area contributed by atoms with Gasteiger partial charge >= 0.3 is 5.97 Å². The van der Waals surface area contributed by atoms with E-state index in [0.29, 0.717) is 18.0 Å². The molecule has 16 heavy (non-hydrogen) atoms. The van der Waals surface area contributed by atoms with Gasteiger partial charge in [0.1, 0.15) is 0 Å². The van der Waals surface area contributed by atoms with Crippen LogP contribution in [0.5, 0.6) is 0 Å². The van der Waals surface area contributed by atoms with Gasteiger partial charge in [0, 0.05) is 10.6 Å². The molecule has 0 heterocycles. The zero-order valence-electron chi connectivity index (χ0n) is 9.44. The molecule has 0 spiro atoms. The number of carbonyl (C=O) groups is 1. The van der Waals surface area contributed by atoms with Crippen molar-refractivity contribution < 1.29 is 9.53 Å². The summed E-state index contributed by atoms with van der Waals surface area (Å²) in [6, 6.07) is 7.50. The van der Waals surface area contributed by atoms with E-state index >= 15 is 0 Å². The van der Waals surface area contributed by atoms with Crippen LogP contribution in [0.1, 0.15) is 19.8 Å². The van der Waals surface area contributed by atoms with E-state index in [-0.39, 0.29) is 5.97 Å². The molecule has 0 fully saturated rings. The molecule has 0 saturated heterocycles. The number of para-hydroxylation sites is 1. The average molecular weight is 239 g/mol. The Morgan fingerprint density at radius 2 is 2.19 bits per heavy atom. The fourth-order valence-electron chi connectivity index (χ4n) is 1.12. The lowest BCUT2D eigenvalue weighted by atomic mass is 10.3. The van der Waals surface area contributed by atoms with E-state index in [0.717, 1.165) is 17.7 Å². The van der Waals surface area contributed by atoms with E-state index in [9.17, 15) is 4.79 Å². The van der Waals surface area contributed by atoms with E-state index < -0.39 is 0 Å². The third kappa shape index (κ3) is 4.57. The van der Waals surface area contributed by atoms with Crippen molar-refractivity contribution in [2.45, 2.75) is 24.7 Å². The Morgan fingerprint density at radius 3 is 2.88 bits per heavy atom. The van der Waals surface area contributed by atoms with Crippen LogP contribution in [0, 0.1) is 0 Å². The van der Waals surface area contributed by atoms with Crippen molar-refractivity contribution in [1.29, 1.82) is 0 Å². The number of carbonyl (C=O) groups excluding carboxylic acids is 1. The summed E-state index contributed by atoms with van der Waals surface area (Å²) in [6.45, 7) is 2.58. The molecule has 4 heteroatoms. The molecular weight excluding hydrogens is 222 g/mol. The van der Waals surface area contributed by atoms with Gasteiger partial charge in [-0.15, -0.1) is 11.8 Å². The van der Waals surface area contributed by atoms with E-state index in [1.54, 1.807) is 0 Å². The SMILES string of the molecule is CCCCOC(=O)CSc1ccccc1N. The fourth-order valence-corrected chi connectivity index (χ4v) is 1.89. The maximum Gasteiger partial charge on any atom is 0.316 e. The molecule has 0 aliphatic carbocycles. The minimum absolute atomic E-state index is 0.179. The summed E-state index contributed by atoms with van der Waals surface area (Å²) in [6.07, 6.45) is 1.95. The van der Waals surface area contributed by atoms with Crippen LogP contribution in [0.25, 0.3) is 0 Å². The van der Waals surface area contributed by atoms with Crippen LogP contribution in [0.4, 0.5) is 5.69 Å². The van der Waals surface area contributed by atoms with Crippen LogP contribution >= 0.6 is 11.8 Å². The molecule has 0 saturated carbocycles. The molecule has 1 aromatic rings. The molecule has 0 unspecified atom stereocenters. The highest BCUT2D eigenvalue weighted by atomic mass is 32.2. The Morgan fingerprint density at radius 1 is 1.44 bits per heavy atom. The van der Waals surface area contributed by atoms with Crippen LogP contribution in [-0.4, -0.2) is 18.3 Å². The topological polar surface area (TPSA) is 52.3 Å². The second kappa shape index (κ2) is 7.17. The van der Waals surface area contributed by atoms with Crippen LogP contribution in [-0.2, 0) is 9.53 Å². The Hall–Kier alpha value is -1.16. The summed E-state index contributed by atoms with van der Waals surface area (Å²) < 4.78 is 5.04. The van der Waals surface area contributed by atoms with Crippen molar-refractivity contribution in [2.24, 2.45) is 0 Å².